The number of nitrogens with one attached hydrogen (secondary N) is 2. The van der Waals surface area contributed by atoms with E-state index in [0.717, 1.165) is 49.7 Å². The highest BCUT2D eigenvalue weighted by Gasteiger charge is 2.24. The van der Waals surface area contributed by atoms with Gasteiger partial charge in [0.15, 0.2) is 5.52 Å². The van der Waals surface area contributed by atoms with E-state index >= 15 is 0 Å². The lowest BCUT2D eigenvalue weighted by Gasteiger charge is -2.24. The van der Waals surface area contributed by atoms with Crippen LogP contribution in [0.25, 0.3) is 22.6 Å². The predicted octanol–water partition coefficient (Wildman–Crippen LogP) is 4.48. The quantitative estimate of drug-likeness (QED) is 0.0752. The largest absolute Gasteiger partial charge is 0.382 e. The molecule has 2 aliphatic rings. The van der Waals surface area contributed by atoms with Gasteiger partial charge in [-0.3, -0.25) is 18.8 Å². The molecule has 2 saturated carbocycles. The first kappa shape index (κ1) is 44.1. The van der Waals surface area contributed by atoms with Crippen molar-refractivity contribution in [3.63, 3.8) is 0 Å². The average Bonchev–Trinajstić information content (AvgIpc) is 3.68. The van der Waals surface area contributed by atoms with Gasteiger partial charge in [-0.25, -0.2) is 9.78 Å². The molecule has 0 amide bonds. The zero-order valence-electron chi connectivity index (χ0n) is 33.5. The van der Waals surface area contributed by atoms with Crippen LogP contribution in [0.15, 0.2) is 33.9 Å². The minimum atomic E-state index is -0.287. The van der Waals surface area contributed by atoms with Crippen LogP contribution in [0.4, 0.5) is 0 Å². The van der Waals surface area contributed by atoms with Gasteiger partial charge in [0, 0.05) is 32.3 Å². The molecule has 3 aromatic rings. The molecule has 5 rings (SSSR count). The monoisotopic (exact) mass is 787 g/mol. The number of H-pyrrole nitrogens is 1. The topological polar surface area (TPSA) is 159 Å². The van der Waals surface area contributed by atoms with Crippen molar-refractivity contribution in [2.45, 2.75) is 83.8 Å². The molecule has 15 nitrogen and oxygen atoms in total. The van der Waals surface area contributed by atoms with Crippen molar-refractivity contribution < 1.29 is 38.0 Å². The summed E-state index contributed by atoms with van der Waals surface area (Å²) in [5, 5.41) is 0. The third kappa shape index (κ3) is 15.1. The number of aromatic nitrogens is 4. The van der Waals surface area contributed by atoms with Crippen LogP contribution in [-0.4, -0.2) is 119 Å². The Balaban J connectivity index is 0.947. The van der Waals surface area contributed by atoms with Crippen molar-refractivity contribution in [3.8, 4) is 11.4 Å². The molecule has 2 heterocycles. The molecule has 0 bridgehead atoms. The fraction of sp³-hybridized carbons (Fsp3) is 0.732. The Hall–Kier alpha value is -2.99. The number of aromatic amines is 1. The smallest absolute Gasteiger partial charge is 0.332 e. The number of imidazole rings is 1. The van der Waals surface area contributed by atoms with Gasteiger partial charge >= 0.3 is 5.69 Å². The second-order valence-corrected chi connectivity index (χ2v) is 14.6. The summed E-state index contributed by atoms with van der Waals surface area (Å²) in [4.78, 5) is 41.4. The van der Waals surface area contributed by atoms with Crippen molar-refractivity contribution in [1.82, 2.24) is 24.6 Å². The predicted molar refractivity (Wildman–Crippen MR) is 213 cm³/mol. The lowest BCUT2D eigenvalue weighted by Crippen LogP contribution is -2.42. The van der Waals surface area contributed by atoms with Crippen LogP contribution < -0.4 is 16.7 Å². The molecule has 0 saturated heterocycles. The maximum atomic E-state index is 13.9. The number of hydrogen-bond donors (Lipinski definition) is 2. The normalized spacial score (nSPS) is 15.7. The van der Waals surface area contributed by atoms with Crippen LogP contribution in [0.2, 0.25) is 0 Å². The lowest BCUT2D eigenvalue weighted by atomic mass is 9.89. The number of methoxy groups -OCH3 is 1. The highest BCUT2D eigenvalue weighted by Crippen LogP contribution is 2.27. The molecule has 2 aromatic heterocycles. The molecule has 0 unspecified atom stereocenters. The Morgan fingerprint density at radius 2 is 1.09 bits per heavy atom. The Labute approximate surface area is 330 Å². The van der Waals surface area contributed by atoms with Crippen LogP contribution in [0, 0.1) is 11.8 Å². The summed E-state index contributed by atoms with van der Waals surface area (Å²) in [6.07, 6.45) is 11.5. The van der Waals surface area contributed by atoms with Crippen LogP contribution >= 0.6 is 0 Å². The Morgan fingerprint density at radius 1 is 0.625 bits per heavy atom. The van der Waals surface area contributed by atoms with Gasteiger partial charge in [-0.15, -0.1) is 0 Å². The maximum Gasteiger partial charge on any atom is 0.332 e. The minimum absolute atomic E-state index is 0.205. The number of hydroxylamine groups is 1. The first-order chi connectivity index (χ1) is 27.6. The van der Waals surface area contributed by atoms with Crippen molar-refractivity contribution in [1.29, 1.82) is 0 Å². The van der Waals surface area contributed by atoms with E-state index in [-0.39, 0.29) is 11.2 Å². The Morgan fingerprint density at radius 3 is 1.59 bits per heavy atom. The van der Waals surface area contributed by atoms with Gasteiger partial charge in [0.25, 0.3) is 5.56 Å². The highest BCUT2D eigenvalue weighted by atomic mass is 16.7. The summed E-state index contributed by atoms with van der Waals surface area (Å²) in [5.41, 5.74) is 5.26. The average molecular weight is 788 g/mol. The van der Waals surface area contributed by atoms with Gasteiger partial charge in [-0.2, -0.15) is 5.48 Å². The second-order valence-electron chi connectivity index (χ2n) is 14.6. The van der Waals surface area contributed by atoms with Gasteiger partial charge < -0.3 is 38.1 Å². The zero-order valence-corrected chi connectivity index (χ0v) is 33.5. The molecular weight excluding hydrogens is 722 g/mol. The van der Waals surface area contributed by atoms with E-state index in [1.807, 2.05) is 24.3 Å². The Kier molecular flexibility index (Phi) is 20.6. The molecule has 0 radical (unpaired) electrons. The van der Waals surface area contributed by atoms with Crippen LogP contribution in [0.1, 0.15) is 69.8 Å². The number of benzene rings is 1. The molecule has 314 valence electrons. The van der Waals surface area contributed by atoms with Gasteiger partial charge in [-0.05, 0) is 43.1 Å². The third-order valence-electron chi connectivity index (χ3n) is 10.4. The SMILES string of the molecule is COCCOCCOCCOCCOCCOCCOCCONCc1ccc(-c2nc3c(=O)n(CC4CCCCC4)c(=O)n(CC4CCCCC4)c3[nH]2)cc1. The van der Waals surface area contributed by atoms with E-state index in [0.29, 0.717) is 141 Å². The number of fused-ring (bicyclic) bond motifs is 1. The summed E-state index contributed by atoms with van der Waals surface area (Å²) in [7, 11) is 1.65. The molecule has 0 spiro atoms. The molecule has 2 fully saturated rings. The Bertz CT molecular complexity index is 1620. The molecule has 0 atom stereocenters. The first-order valence-corrected chi connectivity index (χ1v) is 20.8. The highest BCUT2D eigenvalue weighted by molar-refractivity contribution is 5.75. The minimum Gasteiger partial charge on any atom is -0.382 e. The molecule has 15 heteroatoms. The summed E-state index contributed by atoms with van der Waals surface area (Å²) in [5.74, 6) is 1.38. The molecule has 2 aliphatic carbocycles. The molecular formula is C41H65N5O10. The van der Waals surface area contributed by atoms with Gasteiger partial charge in [0.05, 0.1) is 92.5 Å². The third-order valence-corrected chi connectivity index (χ3v) is 10.4. The number of nitrogens with zero attached hydrogens (tertiary/aromatic N) is 3. The van der Waals surface area contributed by atoms with E-state index in [9.17, 15) is 9.59 Å². The van der Waals surface area contributed by atoms with E-state index in [2.05, 4.69) is 10.5 Å². The molecule has 1 aromatic carbocycles. The maximum absolute atomic E-state index is 13.9. The van der Waals surface area contributed by atoms with E-state index in [4.69, 9.17) is 43.0 Å². The van der Waals surface area contributed by atoms with E-state index in [1.54, 1.807) is 11.7 Å². The lowest BCUT2D eigenvalue weighted by molar-refractivity contribution is -0.0319. The second kappa shape index (κ2) is 26.1. The first-order valence-electron chi connectivity index (χ1n) is 20.8. The number of hydrogen-bond acceptors (Lipinski definition) is 12. The van der Waals surface area contributed by atoms with E-state index in [1.165, 1.54) is 30.3 Å². The van der Waals surface area contributed by atoms with Crippen molar-refractivity contribution in [2.24, 2.45) is 11.8 Å². The summed E-state index contributed by atoms with van der Waals surface area (Å²) in [6.45, 7) is 8.68. The van der Waals surface area contributed by atoms with Gasteiger partial charge in [-0.1, -0.05) is 62.8 Å². The number of rotatable bonds is 29. The summed E-state index contributed by atoms with van der Waals surface area (Å²) < 4.78 is 41.0. The van der Waals surface area contributed by atoms with Gasteiger partial charge in [0.2, 0.25) is 0 Å². The van der Waals surface area contributed by atoms with Crippen LogP contribution in [0.3, 0.4) is 0 Å². The van der Waals surface area contributed by atoms with Crippen molar-refractivity contribution in [2.75, 3.05) is 99.6 Å². The number of ether oxygens (including phenoxy) is 7. The molecule has 56 heavy (non-hydrogen) atoms. The van der Waals surface area contributed by atoms with Crippen LogP contribution in [0.5, 0.6) is 0 Å². The molecule has 0 aliphatic heterocycles. The standard InChI is InChI=1S/C41H65N5O10/c1-49-16-17-50-18-19-51-20-21-52-22-23-53-24-25-54-26-27-55-28-29-56-42-30-33-12-14-36(15-13-33)38-43-37-39(44-38)45(31-34-8-4-2-5-9-34)41(48)46(40(37)47)32-35-10-6-3-7-11-35/h12-15,34-35,42H,2-11,16-32H2,1H3,(H,43,44). The van der Waals surface area contributed by atoms with Crippen LogP contribution in [-0.2, 0) is 57.6 Å². The molecule has 2 N–H and O–H groups in total. The summed E-state index contributed by atoms with van der Waals surface area (Å²) in [6, 6.07) is 7.95. The summed E-state index contributed by atoms with van der Waals surface area (Å²) >= 11 is 0. The van der Waals surface area contributed by atoms with Crippen molar-refractivity contribution >= 4 is 11.2 Å². The van der Waals surface area contributed by atoms with E-state index < -0.39 is 0 Å². The van der Waals surface area contributed by atoms with Crippen molar-refractivity contribution in [3.05, 3.63) is 50.7 Å². The fourth-order valence-electron chi connectivity index (χ4n) is 7.32. The van der Waals surface area contributed by atoms with Gasteiger partial charge in [0.1, 0.15) is 11.5 Å². The fourth-order valence-corrected chi connectivity index (χ4v) is 7.32. The zero-order chi connectivity index (χ0) is 39.0.